The molecule has 2 rings (SSSR count). The normalized spacial score (nSPS) is 11.7. The maximum atomic E-state index is 12.1. The number of thiophene rings is 1. The van der Waals surface area contributed by atoms with Crippen molar-refractivity contribution in [1.82, 2.24) is 4.98 Å². The van der Waals surface area contributed by atoms with E-state index in [4.69, 9.17) is 5.11 Å². The van der Waals surface area contributed by atoms with E-state index in [-0.39, 0.29) is 11.5 Å². The van der Waals surface area contributed by atoms with Gasteiger partial charge in [-0.05, 0) is 25.3 Å². The summed E-state index contributed by atoms with van der Waals surface area (Å²) < 4.78 is 26.7. The predicted molar refractivity (Wildman–Crippen MR) is 72.6 cm³/mol. The molecule has 0 atom stereocenters. The van der Waals surface area contributed by atoms with Crippen molar-refractivity contribution >= 4 is 37.8 Å². The molecule has 0 bridgehead atoms. The van der Waals surface area contributed by atoms with Gasteiger partial charge in [0.2, 0.25) is 0 Å². The van der Waals surface area contributed by atoms with E-state index in [2.05, 4.69) is 9.71 Å². The minimum atomic E-state index is -3.67. The number of aryl methyl sites for hydroxylation is 2. The molecule has 0 aliphatic rings. The van der Waals surface area contributed by atoms with E-state index >= 15 is 0 Å². The van der Waals surface area contributed by atoms with E-state index in [1.54, 1.807) is 5.38 Å². The second kappa shape index (κ2) is 4.96. The van der Waals surface area contributed by atoms with Crippen LogP contribution in [0.15, 0.2) is 16.3 Å². The molecule has 8 heteroatoms. The number of thiazole rings is 1. The SMILES string of the molecule is Cc1nc(NS(=O)(=O)c2ccsc2CO)sc1C. The summed E-state index contributed by atoms with van der Waals surface area (Å²) in [4.78, 5) is 5.64. The number of aliphatic hydroxyl groups excluding tert-OH is 1. The third kappa shape index (κ3) is 2.56. The number of aromatic nitrogens is 1. The Morgan fingerprint density at radius 3 is 2.72 bits per heavy atom. The first-order chi connectivity index (χ1) is 8.44. The van der Waals surface area contributed by atoms with E-state index in [1.165, 1.54) is 28.7 Å². The first-order valence-corrected chi connectivity index (χ1v) is 8.26. The van der Waals surface area contributed by atoms with Gasteiger partial charge in [0.1, 0.15) is 4.90 Å². The summed E-state index contributed by atoms with van der Waals surface area (Å²) >= 11 is 2.50. The Hall–Kier alpha value is -0.960. The molecular weight excluding hydrogens is 292 g/mol. The number of nitrogens with one attached hydrogen (secondary N) is 1. The Balaban J connectivity index is 2.33. The lowest BCUT2D eigenvalue weighted by Crippen LogP contribution is -2.13. The molecule has 0 aliphatic carbocycles. The summed E-state index contributed by atoms with van der Waals surface area (Å²) in [6.45, 7) is 3.42. The standard InChI is InChI=1S/C10H12N2O3S3/c1-6-7(2)17-10(11-6)12-18(14,15)9-3-4-16-8(9)5-13/h3-4,13H,5H2,1-2H3,(H,11,12). The molecule has 2 N–H and O–H groups in total. The van der Waals surface area contributed by atoms with Gasteiger partial charge in [-0.25, -0.2) is 13.4 Å². The first kappa shape index (κ1) is 13.5. The van der Waals surface area contributed by atoms with Crippen molar-refractivity contribution in [3.05, 3.63) is 26.9 Å². The Morgan fingerprint density at radius 1 is 1.44 bits per heavy atom. The fourth-order valence-electron chi connectivity index (χ4n) is 1.37. The maximum absolute atomic E-state index is 12.1. The minimum Gasteiger partial charge on any atom is -0.391 e. The molecule has 2 aromatic heterocycles. The molecule has 0 aromatic carbocycles. The Labute approximate surface area is 113 Å². The van der Waals surface area contributed by atoms with Crippen LogP contribution in [-0.4, -0.2) is 18.5 Å². The molecule has 5 nitrogen and oxygen atoms in total. The van der Waals surface area contributed by atoms with Crippen LogP contribution in [0.25, 0.3) is 0 Å². The van der Waals surface area contributed by atoms with Crippen LogP contribution in [0.4, 0.5) is 5.13 Å². The van der Waals surface area contributed by atoms with Crippen molar-refractivity contribution < 1.29 is 13.5 Å². The zero-order valence-electron chi connectivity index (χ0n) is 9.80. The number of nitrogens with zero attached hydrogens (tertiary/aromatic N) is 1. The Morgan fingerprint density at radius 2 is 2.17 bits per heavy atom. The Kier molecular flexibility index (Phi) is 3.71. The van der Waals surface area contributed by atoms with Gasteiger partial charge in [-0.15, -0.1) is 22.7 Å². The highest BCUT2D eigenvalue weighted by Crippen LogP contribution is 2.27. The number of hydrogen-bond donors (Lipinski definition) is 2. The van der Waals surface area contributed by atoms with Gasteiger partial charge in [0.15, 0.2) is 5.13 Å². The summed E-state index contributed by atoms with van der Waals surface area (Å²) in [6.07, 6.45) is 0. The van der Waals surface area contributed by atoms with Crippen LogP contribution in [-0.2, 0) is 16.6 Å². The molecular formula is C10H12N2O3S3. The summed E-state index contributed by atoms with van der Waals surface area (Å²) in [5.74, 6) is 0. The first-order valence-electron chi connectivity index (χ1n) is 5.08. The molecule has 2 heterocycles. The van der Waals surface area contributed by atoms with E-state index in [1.807, 2.05) is 13.8 Å². The molecule has 18 heavy (non-hydrogen) atoms. The van der Waals surface area contributed by atoms with Crippen molar-refractivity contribution in [3.8, 4) is 0 Å². The summed E-state index contributed by atoms with van der Waals surface area (Å²) in [7, 11) is -3.67. The maximum Gasteiger partial charge on any atom is 0.264 e. The number of sulfonamides is 1. The van der Waals surface area contributed by atoms with Crippen LogP contribution < -0.4 is 4.72 Å². The third-order valence-corrected chi connectivity index (χ3v) is 5.96. The monoisotopic (exact) mass is 304 g/mol. The molecule has 0 fully saturated rings. The number of anilines is 1. The largest absolute Gasteiger partial charge is 0.391 e. The van der Waals surface area contributed by atoms with Gasteiger partial charge in [-0.3, -0.25) is 4.72 Å². The third-order valence-electron chi connectivity index (χ3n) is 2.39. The molecule has 0 unspecified atom stereocenters. The fraction of sp³-hybridized carbons (Fsp3) is 0.300. The molecule has 0 spiro atoms. The highest BCUT2D eigenvalue weighted by atomic mass is 32.2. The van der Waals surface area contributed by atoms with Gasteiger partial charge >= 0.3 is 0 Å². The van der Waals surface area contributed by atoms with Crippen LogP contribution in [0.5, 0.6) is 0 Å². The van der Waals surface area contributed by atoms with Crippen LogP contribution in [0.2, 0.25) is 0 Å². The average Bonchev–Trinajstić information content (AvgIpc) is 2.86. The van der Waals surface area contributed by atoms with Gasteiger partial charge in [0, 0.05) is 4.88 Å². The lowest BCUT2D eigenvalue weighted by molar-refractivity contribution is 0.282. The number of hydrogen-bond acceptors (Lipinski definition) is 6. The van der Waals surface area contributed by atoms with Crippen molar-refractivity contribution in [3.63, 3.8) is 0 Å². The van der Waals surface area contributed by atoms with Gasteiger partial charge in [-0.1, -0.05) is 0 Å². The second-order valence-corrected chi connectivity index (χ2v) is 7.49. The van der Waals surface area contributed by atoms with Gasteiger partial charge in [0.05, 0.1) is 17.2 Å². The molecule has 2 aromatic rings. The molecule has 0 amide bonds. The molecule has 0 saturated heterocycles. The van der Waals surface area contributed by atoms with Crippen molar-refractivity contribution in [1.29, 1.82) is 0 Å². The van der Waals surface area contributed by atoms with Gasteiger partial charge in [-0.2, -0.15) is 0 Å². The molecule has 0 radical (unpaired) electrons. The van der Waals surface area contributed by atoms with Crippen molar-refractivity contribution in [2.75, 3.05) is 4.72 Å². The summed E-state index contributed by atoms with van der Waals surface area (Å²) in [6, 6.07) is 1.48. The lowest BCUT2D eigenvalue weighted by Gasteiger charge is -2.04. The predicted octanol–water partition coefficient (Wildman–Crippen LogP) is 2.11. The van der Waals surface area contributed by atoms with Crippen LogP contribution in [0.3, 0.4) is 0 Å². The van der Waals surface area contributed by atoms with E-state index in [0.717, 1.165) is 10.6 Å². The highest BCUT2D eigenvalue weighted by Gasteiger charge is 2.21. The topological polar surface area (TPSA) is 79.3 Å². The van der Waals surface area contributed by atoms with E-state index < -0.39 is 10.0 Å². The van der Waals surface area contributed by atoms with Crippen molar-refractivity contribution in [2.24, 2.45) is 0 Å². The zero-order valence-corrected chi connectivity index (χ0v) is 12.2. The number of aliphatic hydroxyl groups is 1. The molecule has 98 valence electrons. The van der Waals surface area contributed by atoms with E-state index in [9.17, 15) is 8.42 Å². The van der Waals surface area contributed by atoms with Gasteiger partial charge in [0.25, 0.3) is 10.0 Å². The lowest BCUT2D eigenvalue weighted by atomic mass is 10.4. The summed E-state index contributed by atoms with van der Waals surface area (Å²) in [5.41, 5.74) is 0.811. The minimum absolute atomic E-state index is 0.112. The second-order valence-electron chi connectivity index (χ2n) is 3.63. The Bertz CT molecular complexity index is 638. The van der Waals surface area contributed by atoms with E-state index in [0.29, 0.717) is 10.0 Å². The van der Waals surface area contributed by atoms with Crippen LogP contribution >= 0.6 is 22.7 Å². The van der Waals surface area contributed by atoms with Crippen LogP contribution in [0.1, 0.15) is 15.4 Å². The fourth-order valence-corrected chi connectivity index (χ4v) is 4.72. The highest BCUT2D eigenvalue weighted by molar-refractivity contribution is 7.93. The number of rotatable bonds is 4. The quantitative estimate of drug-likeness (QED) is 0.906. The van der Waals surface area contributed by atoms with Crippen molar-refractivity contribution in [2.45, 2.75) is 25.3 Å². The molecule has 0 aliphatic heterocycles. The average molecular weight is 304 g/mol. The summed E-state index contributed by atoms with van der Waals surface area (Å²) in [5, 5.41) is 11.1. The van der Waals surface area contributed by atoms with Gasteiger partial charge < -0.3 is 5.11 Å². The molecule has 0 saturated carbocycles. The van der Waals surface area contributed by atoms with Crippen LogP contribution in [0, 0.1) is 13.8 Å². The smallest absolute Gasteiger partial charge is 0.264 e. The zero-order chi connectivity index (χ0) is 13.3.